The number of allylic oxidation sites excluding steroid dienone is 3. The van der Waals surface area contributed by atoms with E-state index >= 15 is 0 Å². The van der Waals surface area contributed by atoms with Gasteiger partial charge in [0, 0.05) is 5.70 Å². The molecule has 1 heteroatoms. The maximum atomic E-state index is 5.98. The normalized spacial score (nSPS) is 28.4. The molecule has 0 aromatic rings. The predicted octanol–water partition coefficient (Wildman–Crippen LogP) is 3.23. The van der Waals surface area contributed by atoms with Gasteiger partial charge in [-0.1, -0.05) is 32.4 Å². The van der Waals surface area contributed by atoms with E-state index < -0.39 is 0 Å². The van der Waals surface area contributed by atoms with Crippen LogP contribution in [0.1, 0.15) is 41.0 Å². The molecule has 1 aliphatic rings. The zero-order valence-electron chi connectivity index (χ0n) is 9.44. The summed E-state index contributed by atoms with van der Waals surface area (Å²) in [5.74, 6) is 0.617. The van der Waals surface area contributed by atoms with Crippen molar-refractivity contribution in [1.82, 2.24) is 0 Å². The van der Waals surface area contributed by atoms with E-state index in [0.717, 1.165) is 5.70 Å². The third kappa shape index (κ3) is 1.65. The van der Waals surface area contributed by atoms with Crippen LogP contribution in [0.4, 0.5) is 0 Å². The van der Waals surface area contributed by atoms with Crippen LogP contribution in [-0.4, -0.2) is 0 Å². The molecule has 0 saturated carbocycles. The van der Waals surface area contributed by atoms with Crippen LogP contribution in [0, 0.1) is 11.3 Å². The lowest BCUT2D eigenvalue weighted by Crippen LogP contribution is -2.08. The maximum absolute atomic E-state index is 5.98. The Labute approximate surface area is 81.7 Å². The summed E-state index contributed by atoms with van der Waals surface area (Å²) >= 11 is 0. The minimum absolute atomic E-state index is 0.336. The molecule has 74 valence electrons. The summed E-state index contributed by atoms with van der Waals surface area (Å²) in [5.41, 5.74) is 10.1. The van der Waals surface area contributed by atoms with E-state index in [1.807, 2.05) is 13.0 Å². The van der Waals surface area contributed by atoms with Gasteiger partial charge in [-0.25, -0.2) is 0 Å². The van der Waals surface area contributed by atoms with Crippen LogP contribution < -0.4 is 5.73 Å². The van der Waals surface area contributed by atoms with Crippen molar-refractivity contribution < 1.29 is 0 Å². The van der Waals surface area contributed by atoms with Crippen molar-refractivity contribution in [2.45, 2.75) is 41.0 Å². The fourth-order valence-electron chi connectivity index (χ4n) is 2.41. The number of nitrogens with two attached hydrogens (primary N) is 1. The quantitative estimate of drug-likeness (QED) is 0.657. The molecule has 0 amide bonds. The first kappa shape index (κ1) is 10.4. The highest BCUT2D eigenvalue weighted by Crippen LogP contribution is 2.46. The van der Waals surface area contributed by atoms with E-state index in [4.69, 9.17) is 5.73 Å². The molecule has 1 atom stereocenters. The number of hydrogen-bond donors (Lipinski definition) is 1. The van der Waals surface area contributed by atoms with Crippen molar-refractivity contribution in [1.29, 1.82) is 0 Å². The molecule has 1 nitrogen and oxygen atoms in total. The van der Waals surface area contributed by atoms with Crippen LogP contribution in [0.25, 0.3) is 0 Å². The van der Waals surface area contributed by atoms with Crippen LogP contribution >= 0.6 is 0 Å². The van der Waals surface area contributed by atoms with Crippen LogP contribution in [0.3, 0.4) is 0 Å². The Hall–Kier alpha value is -0.720. The van der Waals surface area contributed by atoms with E-state index in [1.54, 1.807) is 0 Å². The Morgan fingerprint density at radius 1 is 1.54 bits per heavy atom. The second-order valence-electron chi connectivity index (χ2n) is 4.77. The standard InChI is InChI=1S/C12H21N/c1-6-10(13)11-8(2)7-12(4,5)9(11)3/h6,8H,7,13H2,1-5H3/b10-6+. The van der Waals surface area contributed by atoms with Gasteiger partial charge in [0.05, 0.1) is 0 Å². The molecule has 1 rings (SSSR count). The van der Waals surface area contributed by atoms with Gasteiger partial charge in [-0.05, 0) is 37.2 Å². The molecule has 0 heterocycles. The Balaban J connectivity index is 3.14. The van der Waals surface area contributed by atoms with Crippen molar-refractivity contribution in [3.63, 3.8) is 0 Å². The average Bonchev–Trinajstić information content (AvgIpc) is 2.21. The fourth-order valence-corrected chi connectivity index (χ4v) is 2.41. The van der Waals surface area contributed by atoms with Gasteiger partial charge in [-0.15, -0.1) is 0 Å². The van der Waals surface area contributed by atoms with E-state index in [9.17, 15) is 0 Å². The fraction of sp³-hybridized carbons (Fsp3) is 0.667. The van der Waals surface area contributed by atoms with Crippen molar-refractivity contribution in [3.8, 4) is 0 Å². The summed E-state index contributed by atoms with van der Waals surface area (Å²) in [4.78, 5) is 0. The SMILES string of the molecule is C/C=C(/N)C1=C(C)C(C)(C)CC1C. The highest BCUT2D eigenvalue weighted by atomic mass is 14.6. The molecule has 0 spiro atoms. The van der Waals surface area contributed by atoms with Gasteiger partial charge < -0.3 is 5.73 Å². The molecule has 2 N–H and O–H groups in total. The molecular weight excluding hydrogens is 158 g/mol. The smallest absolute Gasteiger partial charge is 0.0305 e. The van der Waals surface area contributed by atoms with Gasteiger partial charge in [0.15, 0.2) is 0 Å². The maximum Gasteiger partial charge on any atom is 0.0305 e. The monoisotopic (exact) mass is 179 g/mol. The molecule has 0 aromatic carbocycles. The summed E-state index contributed by atoms with van der Waals surface area (Å²) in [6.07, 6.45) is 3.24. The topological polar surface area (TPSA) is 26.0 Å². The lowest BCUT2D eigenvalue weighted by molar-refractivity contribution is 0.401. The van der Waals surface area contributed by atoms with Crippen LogP contribution in [0.15, 0.2) is 22.9 Å². The zero-order valence-corrected chi connectivity index (χ0v) is 9.44. The molecule has 0 aliphatic heterocycles. The molecule has 0 aromatic heterocycles. The number of hydrogen-bond acceptors (Lipinski definition) is 1. The van der Waals surface area contributed by atoms with Gasteiger partial charge in [0.2, 0.25) is 0 Å². The van der Waals surface area contributed by atoms with Gasteiger partial charge in [0.25, 0.3) is 0 Å². The summed E-state index contributed by atoms with van der Waals surface area (Å²) in [6.45, 7) is 11.1. The minimum atomic E-state index is 0.336. The predicted molar refractivity (Wildman–Crippen MR) is 58.2 cm³/mol. The third-order valence-corrected chi connectivity index (χ3v) is 3.35. The van der Waals surface area contributed by atoms with Crippen LogP contribution in [0.5, 0.6) is 0 Å². The first-order chi connectivity index (χ1) is 5.90. The zero-order chi connectivity index (χ0) is 10.2. The number of rotatable bonds is 1. The first-order valence-electron chi connectivity index (χ1n) is 5.03. The van der Waals surface area contributed by atoms with Gasteiger partial charge >= 0.3 is 0 Å². The molecule has 0 fully saturated rings. The lowest BCUT2D eigenvalue weighted by atomic mass is 9.85. The summed E-state index contributed by atoms with van der Waals surface area (Å²) in [6, 6.07) is 0. The first-order valence-corrected chi connectivity index (χ1v) is 5.03. The van der Waals surface area contributed by atoms with Gasteiger partial charge in [-0.2, -0.15) is 0 Å². The molecule has 0 saturated heterocycles. The largest absolute Gasteiger partial charge is 0.399 e. The van der Waals surface area contributed by atoms with Crippen molar-refractivity contribution in [2.75, 3.05) is 0 Å². The Kier molecular flexibility index (Phi) is 2.56. The van der Waals surface area contributed by atoms with Crippen molar-refractivity contribution >= 4 is 0 Å². The summed E-state index contributed by atoms with van der Waals surface area (Å²) < 4.78 is 0. The second-order valence-corrected chi connectivity index (χ2v) is 4.77. The summed E-state index contributed by atoms with van der Waals surface area (Å²) in [7, 11) is 0. The lowest BCUT2D eigenvalue weighted by Gasteiger charge is -2.19. The highest BCUT2D eigenvalue weighted by Gasteiger charge is 2.34. The molecule has 0 bridgehead atoms. The Morgan fingerprint density at radius 2 is 2.08 bits per heavy atom. The van der Waals surface area contributed by atoms with Crippen molar-refractivity contribution in [3.05, 3.63) is 22.9 Å². The Bertz CT molecular complexity index is 269. The van der Waals surface area contributed by atoms with Crippen LogP contribution in [0.2, 0.25) is 0 Å². The average molecular weight is 179 g/mol. The van der Waals surface area contributed by atoms with E-state index in [1.165, 1.54) is 17.6 Å². The molecule has 1 aliphatic carbocycles. The minimum Gasteiger partial charge on any atom is -0.399 e. The molecule has 13 heavy (non-hydrogen) atoms. The second kappa shape index (κ2) is 3.21. The summed E-state index contributed by atoms with van der Waals surface area (Å²) in [5, 5.41) is 0. The van der Waals surface area contributed by atoms with Gasteiger partial charge in [0.1, 0.15) is 0 Å². The van der Waals surface area contributed by atoms with E-state index in [0.29, 0.717) is 11.3 Å². The van der Waals surface area contributed by atoms with E-state index in [-0.39, 0.29) is 0 Å². The van der Waals surface area contributed by atoms with Gasteiger partial charge in [-0.3, -0.25) is 0 Å². The molecular formula is C12H21N. The third-order valence-electron chi connectivity index (χ3n) is 3.35. The molecule has 1 unspecified atom stereocenters. The molecule has 0 radical (unpaired) electrons. The van der Waals surface area contributed by atoms with Crippen molar-refractivity contribution in [2.24, 2.45) is 17.1 Å². The van der Waals surface area contributed by atoms with E-state index in [2.05, 4.69) is 27.7 Å². The highest BCUT2D eigenvalue weighted by molar-refractivity contribution is 5.40. The van der Waals surface area contributed by atoms with Crippen LogP contribution in [-0.2, 0) is 0 Å². The Morgan fingerprint density at radius 3 is 2.38 bits per heavy atom.